The Morgan fingerprint density at radius 1 is 1.40 bits per heavy atom. The van der Waals surface area contributed by atoms with Crippen molar-refractivity contribution in [3.05, 3.63) is 43.6 Å². The molecule has 0 saturated carbocycles. The average molecular weight is 289 g/mol. The molecule has 0 aromatic heterocycles. The molecule has 104 valence electrons. The van der Waals surface area contributed by atoms with Gasteiger partial charge < -0.3 is 10.7 Å². The second kappa shape index (κ2) is 5.43. The second-order valence-corrected chi connectivity index (χ2v) is 5.52. The highest BCUT2D eigenvalue weighted by molar-refractivity contribution is 6.30. The van der Waals surface area contributed by atoms with Gasteiger partial charge in [0.2, 0.25) is 5.43 Å². The van der Waals surface area contributed by atoms with Crippen LogP contribution in [0.25, 0.3) is 23.3 Å². The van der Waals surface area contributed by atoms with E-state index in [1.807, 2.05) is 6.07 Å². The van der Waals surface area contributed by atoms with E-state index in [2.05, 4.69) is 17.1 Å². The van der Waals surface area contributed by atoms with Crippen LogP contribution in [0.1, 0.15) is 24.8 Å². The van der Waals surface area contributed by atoms with Crippen molar-refractivity contribution in [2.75, 3.05) is 6.54 Å². The molecule has 4 heteroatoms. The van der Waals surface area contributed by atoms with Crippen molar-refractivity contribution < 1.29 is 0 Å². The predicted molar refractivity (Wildman–Crippen MR) is 83.5 cm³/mol. The van der Waals surface area contributed by atoms with Gasteiger partial charge in [0, 0.05) is 21.8 Å². The van der Waals surface area contributed by atoms with Crippen molar-refractivity contribution in [2.45, 2.75) is 25.7 Å². The lowest BCUT2D eigenvalue weighted by atomic mass is 9.91. The fraction of sp³-hybridized carbons (Fsp3) is 0.312. The van der Waals surface area contributed by atoms with Gasteiger partial charge >= 0.3 is 0 Å². The first kappa shape index (κ1) is 13.4. The van der Waals surface area contributed by atoms with Crippen LogP contribution < -0.4 is 21.9 Å². The number of hydrogen-bond acceptors (Lipinski definition) is 2. The Morgan fingerprint density at radius 3 is 3.05 bits per heavy atom. The number of H-pyrrole nitrogens is 1. The quantitative estimate of drug-likeness (QED) is 0.877. The van der Waals surface area contributed by atoms with Crippen LogP contribution in [-0.2, 0) is 6.42 Å². The molecule has 1 heterocycles. The van der Waals surface area contributed by atoms with E-state index in [1.54, 1.807) is 6.07 Å². The SMILES string of the molecule is NCCC=c1[nH]c2c(c3c(=O)c(Cl)ccc1-3)CCCC=2. The summed E-state index contributed by atoms with van der Waals surface area (Å²) in [5.41, 5.74) is 8.33. The molecule has 20 heavy (non-hydrogen) atoms. The summed E-state index contributed by atoms with van der Waals surface area (Å²) in [5.74, 6) is 0. The van der Waals surface area contributed by atoms with Gasteiger partial charge in [-0.1, -0.05) is 29.8 Å². The Bertz CT molecular complexity index is 792. The van der Waals surface area contributed by atoms with Crippen molar-refractivity contribution in [1.82, 2.24) is 4.98 Å². The van der Waals surface area contributed by atoms with E-state index in [1.165, 1.54) is 0 Å². The lowest BCUT2D eigenvalue weighted by molar-refractivity contribution is 0.820. The molecule has 2 aliphatic carbocycles. The summed E-state index contributed by atoms with van der Waals surface area (Å²) in [4.78, 5) is 15.9. The largest absolute Gasteiger partial charge is 0.355 e. The lowest BCUT2D eigenvalue weighted by Gasteiger charge is -2.16. The summed E-state index contributed by atoms with van der Waals surface area (Å²) in [6.45, 7) is 0.591. The zero-order valence-corrected chi connectivity index (χ0v) is 12.0. The van der Waals surface area contributed by atoms with E-state index < -0.39 is 0 Å². The number of benzene rings is 1. The fourth-order valence-corrected chi connectivity index (χ4v) is 3.01. The first-order valence-electron chi connectivity index (χ1n) is 6.96. The molecule has 0 unspecified atom stereocenters. The van der Waals surface area contributed by atoms with Gasteiger partial charge in [-0.05, 0) is 43.9 Å². The van der Waals surface area contributed by atoms with Crippen LogP contribution in [0.2, 0.25) is 5.02 Å². The fourth-order valence-electron chi connectivity index (χ4n) is 2.85. The Hall–Kier alpha value is -1.58. The van der Waals surface area contributed by atoms with Crippen LogP contribution in [-0.4, -0.2) is 11.5 Å². The van der Waals surface area contributed by atoms with Crippen LogP contribution in [0, 0.1) is 0 Å². The molecule has 0 atom stereocenters. The van der Waals surface area contributed by atoms with E-state index in [9.17, 15) is 4.79 Å². The van der Waals surface area contributed by atoms with Gasteiger partial charge in [0.05, 0.1) is 5.02 Å². The van der Waals surface area contributed by atoms with E-state index in [0.29, 0.717) is 11.6 Å². The normalized spacial score (nSPS) is 15.2. The molecule has 0 amide bonds. The molecule has 0 bridgehead atoms. The minimum Gasteiger partial charge on any atom is -0.355 e. The number of aromatic amines is 1. The Labute approximate surface area is 122 Å². The smallest absolute Gasteiger partial charge is 0.205 e. The highest BCUT2D eigenvalue weighted by atomic mass is 35.5. The number of halogens is 1. The van der Waals surface area contributed by atoms with Crippen LogP contribution >= 0.6 is 11.6 Å². The second-order valence-electron chi connectivity index (χ2n) is 5.11. The molecule has 0 aromatic carbocycles. The molecule has 0 saturated heterocycles. The highest BCUT2D eigenvalue weighted by Gasteiger charge is 2.18. The van der Waals surface area contributed by atoms with Crippen LogP contribution in [0.3, 0.4) is 0 Å². The van der Waals surface area contributed by atoms with Gasteiger partial charge in [-0.25, -0.2) is 0 Å². The summed E-state index contributed by atoms with van der Waals surface area (Å²) in [5, 5.41) is 2.32. The highest BCUT2D eigenvalue weighted by Crippen LogP contribution is 2.21. The summed E-state index contributed by atoms with van der Waals surface area (Å²) in [6.07, 6.45) is 8.04. The zero-order chi connectivity index (χ0) is 14.1. The van der Waals surface area contributed by atoms with E-state index >= 15 is 0 Å². The molecule has 3 aliphatic rings. The molecular formula is C16H17ClN2O. The predicted octanol–water partition coefficient (Wildman–Crippen LogP) is 1.38. The summed E-state index contributed by atoms with van der Waals surface area (Å²) >= 11 is 6.02. The van der Waals surface area contributed by atoms with E-state index in [4.69, 9.17) is 17.3 Å². The summed E-state index contributed by atoms with van der Waals surface area (Å²) < 4.78 is 0. The zero-order valence-electron chi connectivity index (χ0n) is 11.2. The van der Waals surface area contributed by atoms with Gasteiger partial charge in [0.15, 0.2) is 0 Å². The third-order valence-corrected chi connectivity index (χ3v) is 4.09. The van der Waals surface area contributed by atoms with Crippen molar-refractivity contribution in [2.24, 2.45) is 5.73 Å². The number of pyridine rings is 1. The van der Waals surface area contributed by atoms with Crippen molar-refractivity contribution in [1.29, 1.82) is 0 Å². The van der Waals surface area contributed by atoms with E-state index in [-0.39, 0.29) is 5.43 Å². The van der Waals surface area contributed by atoms with Gasteiger partial charge in [-0.3, -0.25) is 4.79 Å². The molecule has 0 fully saturated rings. The average Bonchev–Trinajstić information content (AvgIpc) is 2.48. The van der Waals surface area contributed by atoms with Crippen molar-refractivity contribution >= 4 is 23.8 Å². The van der Waals surface area contributed by atoms with Gasteiger partial charge in [0.25, 0.3) is 0 Å². The van der Waals surface area contributed by atoms with Crippen molar-refractivity contribution in [3.63, 3.8) is 0 Å². The maximum absolute atomic E-state index is 12.4. The minimum absolute atomic E-state index is 0.0629. The number of nitrogens with two attached hydrogens (primary N) is 1. The molecule has 3 N–H and O–H groups in total. The number of rotatable bonds is 2. The number of nitrogens with one attached hydrogen (secondary N) is 1. The maximum Gasteiger partial charge on any atom is 0.205 e. The van der Waals surface area contributed by atoms with Crippen LogP contribution in [0.5, 0.6) is 0 Å². The Kier molecular flexibility index (Phi) is 3.64. The molecule has 0 aromatic rings. The molecule has 0 radical (unpaired) electrons. The molecule has 0 spiro atoms. The Balaban J connectivity index is 2.45. The maximum atomic E-state index is 12.4. The number of hydrogen-bond donors (Lipinski definition) is 2. The van der Waals surface area contributed by atoms with Gasteiger partial charge in [-0.2, -0.15) is 0 Å². The van der Waals surface area contributed by atoms with Crippen LogP contribution in [0.15, 0.2) is 16.9 Å². The lowest BCUT2D eigenvalue weighted by Crippen LogP contribution is -2.32. The molecular weight excluding hydrogens is 272 g/mol. The molecule has 3 rings (SSSR count). The molecule has 3 nitrogen and oxygen atoms in total. The summed E-state index contributed by atoms with van der Waals surface area (Å²) in [6, 6.07) is 3.60. The topological polar surface area (TPSA) is 58.9 Å². The van der Waals surface area contributed by atoms with Crippen molar-refractivity contribution in [3.8, 4) is 11.1 Å². The van der Waals surface area contributed by atoms with Gasteiger partial charge in [0.1, 0.15) is 0 Å². The Morgan fingerprint density at radius 2 is 2.25 bits per heavy atom. The summed E-state index contributed by atoms with van der Waals surface area (Å²) in [7, 11) is 0. The number of aromatic nitrogens is 1. The third-order valence-electron chi connectivity index (χ3n) is 3.79. The molecule has 1 aliphatic heterocycles. The number of fused-ring (bicyclic) bond motifs is 3. The first-order valence-corrected chi connectivity index (χ1v) is 7.34. The minimum atomic E-state index is -0.0629. The van der Waals surface area contributed by atoms with E-state index in [0.717, 1.165) is 53.1 Å². The monoisotopic (exact) mass is 288 g/mol. The standard InChI is InChI=1S/C16H17ClN2O/c17-12-8-7-11-14(6-3-9-18)19-13-5-2-1-4-10(13)15(11)16(12)20/h5-8,19H,1-4,9,18H2. The first-order chi connectivity index (χ1) is 9.72. The van der Waals surface area contributed by atoms with Crippen LogP contribution in [0.4, 0.5) is 0 Å². The van der Waals surface area contributed by atoms with Gasteiger partial charge in [-0.15, -0.1) is 0 Å². The third kappa shape index (κ3) is 2.17.